The molecule has 2 unspecified atom stereocenters. The van der Waals surface area contributed by atoms with E-state index < -0.39 is 0 Å². The highest BCUT2D eigenvalue weighted by Gasteiger charge is 2.27. The van der Waals surface area contributed by atoms with Crippen LogP contribution in [0.25, 0.3) is 0 Å². The van der Waals surface area contributed by atoms with Gasteiger partial charge in [-0.1, -0.05) is 0 Å². The Bertz CT molecular complexity index is 357. The van der Waals surface area contributed by atoms with Crippen molar-refractivity contribution in [3.05, 3.63) is 20.8 Å². The van der Waals surface area contributed by atoms with Gasteiger partial charge in [0.1, 0.15) is 0 Å². The number of hydrogen-bond donors (Lipinski definition) is 0. The maximum Gasteiger partial charge on any atom is 0.0922 e. The van der Waals surface area contributed by atoms with Crippen LogP contribution < -0.4 is 0 Å². The van der Waals surface area contributed by atoms with Gasteiger partial charge in [-0.25, -0.2) is 0 Å². The summed E-state index contributed by atoms with van der Waals surface area (Å²) in [6, 6.07) is 4.26. The minimum Gasteiger partial charge on any atom is -0.368 e. The zero-order valence-electron chi connectivity index (χ0n) is 7.57. The van der Waals surface area contributed by atoms with Crippen LogP contribution in [0.4, 0.5) is 0 Å². The summed E-state index contributed by atoms with van der Waals surface area (Å²) >= 11 is 5.14. The highest BCUT2D eigenvalue weighted by atomic mass is 79.9. The second kappa shape index (κ2) is 4.43. The van der Waals surface area contributed by atoms with Crippen molar-refractivity contribution < 1.29 is 4.74 Å². The highest BCUT2D eigenvalue weighted by molar-refractivity contribution is 9.10. The molecular formula is C10H10BrNOS. The Kier molecular flexibility index (Phi) is 3.22. The average Bonchev–Trinajstić information content (AvgIpc) is 2.74. The smallest absolute Gasteiger partial charge is 0.0922 e. The molecule has 4 heteroatoms. The molecule has 74 valence electrons. The molecule has 2 atom stereocenters. The van der Waals surface area contributed by atoms with Gasteiger partial charge >= 0.3 is 0 Å². The van der Waals surface area contributed by atoms with Crippen LogP contribution in [0.3, 0.4) is 0 Å². The van der Waals surface area contributed by atoms with Crippen LogP contribution in [-0.2, 0) is 4.74 Å². The predicted molar refractivity (Wildman–Crippen MR) is 59.1 cm³/mol. The highest BCUT2D eigenvalue weighted by Crippen LogP contribution is 2.37. The van der Waals surface area contributed by atoms with Gasteiger partial charge in [-0.2, -0.15) is 5.26 Å². The second-order valence-corrected chi connectivity index (χ2v) is 5.21. The number of halogens is 1. The van der Waals surface area contributed by atoms with Gasteiger partial charge in [0.15, 0.2) is 0 Å². The standard InChI is InChI=1S/C10H10BrNOS/c11-7-5-10(14-6-7)9-2-1-8(13-9)3-4-12/h5-6,8-9H,1-3H2. The molecule has 1 fully saturated rings. The largest absolute Gasteiger partial charge is 0.368 e. The van der Waals surface area contributed by atoms with E-state index in [-0.39, 0.29) is 12.2 Å². The molecule has 1 aromatic heterocycles. The predicted octanol–water partition coefficient (Wildman–Crippen LogP) is 3.64. The second-order valence-electron chi connectivity index (χ2n) is 3.35. The van der Waals surface area contributed by atoms with E-state index in [0.29, 0.717) is 6.42 Å². The summed E-state index contributed by atoms with van der Waals surface area (Å²) in [6.45, 7) is 0. The number of hydrogen-bond acceptors (Lipinski definition) is 3. The third-order valence-electron chi connectivity index (χ3n) is 2.33. The lowest BCUT2D eigenvalue weighted by molar-refractivity contribution is 0.0495. The monoisotopic (exact) mass is 271 g/mol. The van der Waals surface area contributed by atoms with Crippen LogP contribution in [0.15, 0.2) is 15.9 Å². The fourth-order valence-corrected chi connectivity index (χ4v) is 3.18. The SMILES string of the molecule is N#CCC1CCC(c2cc(Br)cs2)O1. The fourth-order valence-electron chi connectivity index (χ4n) is 1.66. The summed E-state index contributed by atoms with van der Waals surface area (Å²) in [6.07, 6.45) is 2.92. The molecule has 1 aliphatic heterocycles. The maximum absolute atomic E-state index is 8.55. The Morgan fingerprint density at radius 1 is 1.64 bits per heavy atom. The van der Waals surface area contributed by atoms with Crippen molar-refractivity contribution in [3.8, 4) is 6.07 Å². The average molecular weight is 272 g/mol. The van der Waals surface area contributed by atoms with E-state index in [4.69, 9.17) is 10.00 Å². The molecule has 0 spiro atoms. The number of nitrogens with zero attached hydrogens (tertiary/aromatic N) is 1. The molecule has 0 N–H and O–H groups in total. The van der Waals surface area contributed by atoms with Gasteiger partial charge in [-0.3, -0.25) is 0 Å². The minimum atomic E-state index is 0.144. The topological polar surface area (TPSA) is 33.0 Å². The summed E-state index contributed by atoms with van der Waals surface area (Å²) in [5.41, 5.74) is 0. The van der Waals surface area contributed by atoms with E-state index in [1.807, 2.05) is 0 Å². The molecule has 1 aromatic rings. The molecule has 14 heavy (non-hydrogen) atoms. The molecule has 2 heterocycles. The van der Waals surface area contributed by atoms with E-state index in [1.165, 1.54) is 4.88 Å². The van der Waals surface area contributed by atoms with Crippen LogP contribution in [0.5, 0.6) is 0 Å². The summed E-state index contributed by atoms with van der Waals surface area (Å²) in [7, 11) is 0. The fraction of sp³-hybridized carbons (Fsp3) is 0.500. The van der Waals surface area contributed by atoms with Crippen molar-refractivity contribution in [2.24, 2.45) is 0 Å². The van der Waals surface area contributed by atoms with Crippen molar-refractivity contribution in [2.45, 2.75) is 31.5 Å². The Morgan fingerprint density at radius 2 is 2.50 bits per heavy atom. The van der Waals surface area contributed by atoms with Crippen LogP contribution >= 0.6 is 27.3 Å². The zero-order valence-corrected chi connectivity index (χ0v) is 9.97. The molecule has 0 aliphatic carbocycles. The van der Waals surface area contributed by atoms with Gasteiger partial charge in [0.05, 0.1) is 24.7 Å². The van der Waals surface area contributed by atoms with Crippen LogP contribution in [-0.4, -0.2) is 6.10 Å². The molecule has 1 aliphatic rings. The quantitative estimate of drug-likeness (QED) is 0.823. The van der Waals surface area contributed by atoms with E-state index in [0.717, 1.165) is 17.3 Å². The van der Waals surface area contributed by atoms with E-state index in [1.54, 1.807) is 11.3 Å². The number of nitriles is 1. The van der Waals surface area contributed by atoms with Crippen molar-refractivity contribution in [1.29, 1.82) is 5.26 Å². The van der Waals surface area contributed by atoms with Gasteiger partial charge in [-0.05, 0) is 34.8 Å². The van der Waals surface area contributed by atoms with Crippen LogP contribution in [0, 0.1) is 11.3 Å². The van der Waals surface area contributed by atoms with E-state index in [2.05, 4.69) is 33.4 Å². The maximum atomic E-state index is 8.55. The number of rotatable bonds is 2. The lowest BCUT2D eigenvalue weighted by Crippen LogP contribution is -2.04. The van der Waals surface area contributed by atoms with Gasteiger partial charge in [-0.15, -0.1) is 11.3 Å². The molecule has 1 saturated heterocycles. The van der Waals surface area contributed by atoms with E-state index >= 15 is 0 Å². The normalized spacial score (nSPS) is 26.3. The molecule has 0 bridgehead atoms. The van der Waals surface area contributed by atoms with Crippen molar-refractivity contribution in [1.82, 2.24) is 0 Å². The van der Waals surface area contributed by atoms with E-state index in [9.17, 15) is 0 Å². The van der Waals surface area contributed by atoms with Crippen molar-refractivity contribution in [2.75, 3.05) is 0 Å². The third kappa shape index (κ3) is 2.17. The van der Waals surface area contributed by atoms with Gasteiger partial charge in [0.25, 0.3) is 0 Å². The van der Waals surface area contributed by atoms with Crippen LogP contribution in [0.2, 0.25) is 0 Å². The summed E-state index contributed by atoms with van der Waals surface area (Å²) in [5, 5.41) is 10.6. The van der Waals surface area contributed by atoms with Gasteiger partial charge < -0.3 is 4.74 Å². The third-order valence-corrected chi connectivity index (χ3v) is 4.12. The first-order chi connectivity index (χ1) is 6.79. The molecule has 2 rings (SSSR count). The zero-order chi connectivity index (χ0) is 9.97. The molecule has 0 saturated carbocycles. The summed E-state index contributed by atoms with van der Waals surface area (Å²) in [4.78, 5) is 1.26. The lowest BCUT2D eigenvalue weighted by Gasteiger charge is -2.09. The summed E-state index contributed by atoms with van der Waals surface area (Å²) in [5.74, 6) is 0. The lowest BCUT2D eigenvalue weighted by atomic mass is 10.1. The number of ether oxygens (including phenoxy) is 1. The van der Waals surface area contributed by atoms with Gasteiger partial charge in [0.2, 0.25) is 0 Å². The molecule has 0 amide bonds. The minimum absolute atomic E-state index is 0.144. The first-order valence-corrected chi connectivity index (χ1v) is 6.23. The van der Waals surface area contributed by atoms with Crippen LogP contribution in [0.1, 0.15) is 30.2 Å². The molecule has 0 radical (unpaired) electrons. The number of thiophene rings is 1. The summed E-state index contributed by atoms with van der Waals surface area (Å²) < 4.78 is 6.88. The van der Waals surface area contributed by atoms with Gasteiger partial charge in [0, 0.05) is 14.7 Å². The first-order valence-electron chi connectivity index (χ1n) is 4.56. The Balaban J connectivity index is 1.99. The Labute approximate surface area is 95.6 Å². The van der Waals surface area contributed by atoms with Crippen molar-refractivity contribution >= 4 is 27.3 Å². The molecule has 2 nitrogen and oxygen atoms in total. The molecular weight excluding hydrogens is 262 g/mol. The molecule has 0 aromatic carbocycles. The Morgan fingerprint density at radius 3 is 3.14 bits per heavy atom. The van der Waals surface area contributed by atoms with Crippen molar-refractivity contribution in [3.63, 3.8) is 0 Å². The first kappa shape index (κ1) is 10.2. The Hall–Kier alpha value is -0.370.